The summed E-state index contributed by atoms with van der Waals surface area (Å²) in [6.45, 7) is 6.33. The zero-order chi connectivity index (χ0) is 17.1. The Bertz CT molecular complexity index is 717. The molecule has 0 unspecified atom stereocenters. The average molecular weight is 347 g/mol. The molecular formula is C18H23ClN4O. The third-order valence-electron chi connectivity index (χ3n) is 4.49. The van der Waals surface area contributed by atoms with Crippen LogP contribution in [-0.2, 0) is 6.54 Å². The Kier molecular flexibility index (Phi) is 5.21. The molecule has 0 spiro atoms. The van der Waals surface area contributed by atoms with Crippen molar-refractivity contribution in [2.24, 2.45) is 0 Å². The molecule has 1 atom stereocenters. The van der Waals surface area contributed by atoms with Gasteiger partial charge >= 0.3 is 0 Å². The van der Waals surface area contributed by atoms with Crippen molar-refractivity contribution in [3.8, 4) is 0 Å². The molecule has 2 N–H and O–H groups in total. The zero-order valence-electron chi connectivity index (χ0n) is 14.1. The average Bonchev–Trinajstić information content (AvgIpc) is 2.84. The van der Waals surface area contributed by atoms with Crippen molar-refractivity contribution in [2.45, 2.75) is 39.3 Å². The first kappa shape index (κ1) is 17.0. The first-order valence-corrected chi connectivity index (χ1v) is 8.72. The number of aromatic nitrogens is 2. The van der Waals surface area contributed by atoms with Crippen LogP contribution in [0.15, 0.2) is 24.3 Å². The van der Waals surface area contributed by atoms with Crippen molar-refractivity contribution < 1.29 is 4.79 Å². The lowest BCUT2D eigenvalue weighted by molar-refractivity contribution is 0.0929. The molecule has 6 heteroatoms. The van der Waals surface area contributed by atoms with Crippen LogP contribution in [0, 0.1) is 13.8 Å². The minimum Gasteiger partial charge on any atom is -0.348 e. The molecule has 2 aromatic rings. The van der Waals surface area contributed by atoms with Crippen LogP contribution in [0.4, 0.5) is 0 Å². The highest BCUT2D eigenvalue weighted by Crippen LogP contribution is 2.17. The summed E-state index contributed by atoms with van der Waals surface area (Å²) >= 11 is 5.93. The number of hydrogen-bond acceptors (Lipinski definition) is 3. The van der Waals surface area contributed by atoms with Crippen LogP contribution in [0.3, 0.4) is 0 Å². The van der Waals surface area contributed by atoms with Gasteiger partial charge in [-0.3, -0.25) is 9.48 Å². The Morgan fingerprint density at radius 2 is 2.12 bits per heavy atom. The summed E-state index contributed by atoms with van der Waals surface area (Å²) in [6, 6.07) is 7.89. The van der Waals surface area contributed by atoms with Crippen molar-refractivity contribution in [3.05, 3.63) is 51.8 Å². The van der Waals surface area contributed by atoms with E-state index in [0.29, 0.717) is 17.1 Å². The van der Waals surface area contributed by atoms with Gasteiger partial charge in [-0.05, 0) is 50.9 Å². The lowest BCUT2D eigenvalue weighted by Crippen LogP contribution is -2.45. The fraction of sp³-hybridized carbons (Fsp3) is 0.444. The van der Waals surface area contributed by atoms with Gasteiger partial charge in [0.25, 0.3) is 5.91 Å². The summed E-state index contributed by atoms with van der Waals surface area (Å²) in [5.41, 5.74) is 3.45. The smallest absolute Gasteiger partial charge is 0.255 e. The number of halogens is 1. The molecule has 0 saturated carbocycles. The molecule has 1 aliphatic heterocycles. The highest BCUT2D eigenvalue weighted by Gasteiger charge is 2.22. The van der Waals surface area contributed by atoms with Gasteiger partial charge in [0.15, 0.2) is 0 Å². The Morgan fingerprint density at radius 3 is 2.79 bits per heavy atom. The standard InChI is InChI=1S/C18H23ClN4O/c1-12-17(18(24)21-16-4-3-9-20-10-16)13(2)23(22-12)11-14-5-7-15(19)8-6-14/h5-8,16,20H,3-4,9-11H2,1-2H3,(H,21,24)/t16-/m0/s1. The van der Waals surface area contributed by atoms with Gasteiger partial charge in [-0.1, -0.05) is 23.7 Å². The largest absolute Gasteiger partial charge is 0.348 e. The molecule has 1 amide bonds. The van der Waals surface area contributed by atoms with Crippen LogP contribution in [0.1, 0.15) is 40.2 Å². The maximum absolute atomic E-state index is 12.7. The minimum atomic E-state index is -0.0268. The SMILES string of the molecule is Cc1nn(Cc2ccc(Cl)cc2)c(C)c1C(=O)N[C@H]1CCCNC1. The first-order chi connectivity index (χ1) is 11.5. The monoisotopic (exact) mass is 346 g/mol. The number of aryl methyl sites for hydroxylation is 1. The molecule has 5 nitrogen and oxygen atoms in total. The van der Waals surface area contributed by atoms with Gasteiger partial charge in [0.2, 0.25) is 0 Å². The van der Waals surface area contributed by atoms with E-state index in [0.717, 1.165) is 42.9 Å². The summed E-state index contributed by atoms with van der Waals surface area (Å²) in [5.74, 6) is -0.0268. The number of hydrogen-bond donors (Lipinski definition) is 2. The fourth-order valence-corrected chi connectivity index (χ4v) is 3.30. The van der Waals surface area contributed by atoms with E-state index in [2.05, 4.69) is 15.7 Å². The number of rotatable bonds is 4. The van der Waals surface area contributed by atoms with Gasteiger partial charge in [0, 0.05) is 23.3 Å². The quantitative estimate of drug-likeness (QED) is 0.894. The highest BCUT2D eigenvalue weighted by molar-refractivity contribution is 6.30. The molecule has 24 heavy (non-hydrogen) atoms. The Balaban J connectivity index is 1.75. The van der Waals surface area contributed by atoms with E-state index in [9.17, 15) is 4.79 Å². The van der Waals surface area contributed by atoms with Gasteiger partial charge in [-0.2, -0.15) is 5.10 Å². The second-order valence-corrected chi connectivity index (χ2v) is 6.78. The molecule has 128 valence electrons. The number of nitrogens with zero attached hydrogens (tertiary/aromatic N) is 2. The van der Waals surface area contributed by atoms with Crippen LogP contribution in [-0.4, -0.2) is 34.8 Å². The van der Waals surface area contributed by atoms with E-state index >= 15 is 0 Å². The zero-order valence-corrected chi connectivity index (χ0v) is 14.9. The lowest BCUT2D eigenvalue weighted by atomic mass is 10.1. The predicted octanol–water partition coefficient (Wildman–Crippen LogP) is 2.68. The van der Waals surface area contributed by atoms with Gasteiger partial charge in [-0.25, -0.2) is 0 Å². The van der Waals surface area contributed by atoms with Gasteiger partial charge in [0.05, 0.1) is 17.8 Å². The van der Waals surface area contributed by atoms with E-state index in [-0.39, 0.29) is 11.9 Å². The van der Waals surface area contributed by atoms with Crippen LogP contribution in [0.2, 0.25) is 5.02 Å². The van der Waals surface area contributed by atoms with Crippen molar-refractivity contribution in [1.29, 1.82) is 0 Å². The summed E-state index contributed by atoms with van der Waals surface area (Å²) < 4.78 is 1.88. The predicted molar refractivity (Wildman–Crippen MR) is 95.6 cm³/mol. The summed E-state index contributed by atoms with van der Waals surface area (Å²) in [7, 11) is 0. The van der Waals surface area contributed by atoms with E-state index < -0.39 is 0 Å². The lowest BCUT2D eigenvalue weighted by Gasteiger charge is -2.23. The maximum Gasteiger partial charge on any atom is 0.255 e. The van der Waals surface area contributed by atoms with E-state index in [1.165, 1.54) is 0 Å². The number of carbonyl (C=O) groups excluding carboxylic acids is 1. The van der Waals surface area contributed by atoms with E-state index in [4.69, 9.17) is 11.6 Å². The maximum atomic E-state index is 12.7. The third-order valence-corrected chi connectivity index (χ3v) is 4.74. The molecule has 0 bridgehead atoms. The van der Waals surface area contributed by atoms with Gasteiger partial charge < -0.3 is 10.6 Å². The van der Waals surface area contributed by atoms with Crippen molar-refractivity contribution >= 4 is 17.5 Å². The van der Waals surface area contributed by atoms with E-state index in [1.54, 1.807) is 0 Å². The number of amides is 1. The minimum absolute atomic E-state index is 0.0268. The van der Waals surface area contributed by atoms with E-state index in [1.807, 2.05) is 42.8 Å². The fourth-order valence-electron chi connectivity index (χ4n) is 3.17. The van der Waals surface area contributed by atoms with Crippen LogP contribution >= 0.6 is 11.6 Å². The third kappa shape index (κ3) is 3.79. The Morgan fingerprint density at radius 1 is 1.38 bits per heavy atom. The normalized spacial score (nSPS) is 17.7. The summed E-state index contributed by atoms with van der Waals surface area (Å²) in [4.78, 5) is 12.7. The molecule has 0 radical (unpaired) electrons. The molecule has 1 fully saturated rings. The molecule has 0 aliphatic carbocycles. The second-order valence-electron chi connectivity index (χ2n) is 6.35. The van der Waals surface area contributed by atoms with Crippen molar-refractivity contribution in [2.75, 3.05) is 13.1 Å². The van der Waals surface area contributed by atoms with Crippen LogP contribution < -0.4 is 10.6 Å². The first-order valence-electron chi connectivity index (χ1n) is 8.34. The van der Waals surface area contributed by atoms with Crippen molar-refractivity contribution in [3.63, 3.8) is 0 Å². The molecule has 1 saturated heterocycles. The summed E-state index contributed by atoms with van der Waals surface area (Å²) in [6.07, 6.45) is 2.12. The van der Waals surface area contributed by atoms with Gasteiger partial charge in [-0.15, -0.1) is 0 Å². The molecule has 1 aromatic heterocycles. The topological polar surface area (TPSA) is 59.0 Å². The Hall–Kier alpha value is -1.85. The number of benzene rings is 1. The van der Waals surface area contributed by atoms with Gasteiger partial charge in [0.1, 0.15) is 0 Å². The second kappa shape index (κ2) is 7.36. The molecule has 1 aromatic carbocycles. The molecular weight excluding hydrogens is 324 g/mol. The van der Waals surface area contributed by atoms with Crippen LogP contribution in [0.5, 0.6) is 0 Å². The Labute approximate surface area is 147 Å². The number of piperidine rings is 1. The van der Waals surface area contributed by atoms with Crippen LogP contribution in [0.25, 0.3) is 0 Å². The summed E-state index contributed by atoms with van der Waals surface area (Å²) in [5, 5.41) is 11.7. The molecule has 1 aliphatic rings. The molecule has 2 heterocycles. The number of nitrogens with one attached hydrogen (secondary N) is 2. The highest BCUT2D eigenvalue weighted by atomic mass is 35.5. The number of carbonyl (C=O) groups is 1. The molecule has 3 rings (SSSR count). The van der Waals surface area contributed by atoms with Crippen molar-refractivity contribution in [1.82, 2.24) is 20.4 Å².